The van der Waals surface area contributed by atoms with Gasteiger partial charge in [0.15, 0.2) is 0 Å². The number of ether oxygens (including phenoxy) is 1. The van der Waals surface area contributed by atoms with Crippen LogP contribution in [0.1, 0.15) is 23.8 Å². The summed E-state index contributed by atoms with van der Waals surface area (Å²) < 4.78 is 5.04. The van der Waals surface area contributed by atoms with Gasteiger partial charge >= 0.3 is 5.97 Å². The topological polar surface area (TPSA) is 42.1 Å². The van der Waals surface area contributed by atoms with Crippen molar-refractivity contribution < 1.29 is 9.53 Å². The monoisotopic (exact) mass is 203 g/mol. The molecule has 0 saturated heterocycles. The van der Waals surface area contributed by atoms with E-state index in [0.29, 0.717) is 12.3 Å². The van der Waals surface area contributed by atoms with Crippen molar-refractivity contribution in [3.63, 3.8) is 0 Å². The molecule has 0 spiro atoms. The Morgan fingerprint density at radius 2 is 2.20 bits per heavy atom. The minimum atomic E-state index is -0.284. The van der Waals surface area contributed by atoms with E-state index in [2.05, 4.69) is 4.98 Å². The van der Waals surface area contributed by atoms with E-state index < -0.39 is 0 Å². The normalized spacial score (nSPS) is 10.5. The van der Waals surface area contributed by atoms with Crippen LogP contribution in [0.2, 0.25) is 0 Å². The molecular weight excluding hydrogens is 190 g/mol. The van der Waals surface area contributed by atoms with Crippen LogP contribution in [0.3, 0.4) is 0 Å². The third-order valence-corrected chi connectivity index (χ3v) is 2.19. The summed E-state index contributed by atoms with van der Waals surface area (Å²) in [6.45, 7) is 2.44. The average Bonchev–Trinajstić information content (AvgIpc) is 2.69. The lowest BCUT2D eigenvalue weighted by Crippen LogP contribution is -2.05. The fourth-order valence-corrected chi connectivity index (χ4v) is 1.46. The molecule has 3 nitrogen and oxygen atoms in total. The van der Waals surface area contributed by atoms with Crippen LogP contribution in [0.5, 0.6) is 0 Å². The number of H-pyrrole nitrogens is 1. The minimum Gasteiger partial charge on any atom is -0.461 e. The molecule has 2 aromatic rings. The molecule has 0 aliphatic carbocycles. The van der Waals surface area contributed by atoms with Crippen LogP contribution in [0, 0.1) is 0 Å². The Morgan fingerprint density at radius 1 is 1.40 bits per heavy atom. The largest absolute Gasteiger partial charge is 0.461 e. The molecule has 0 saturated carbocycles. The molecule has 3 heteroatoms. The van der Waals surface area contributed by atoms with Gasteiger partial charge in [0.05, 0.1) is 6.61 Å². The molecule has 0 unspecified atom stereocenters. The maximum Gasteiger partial charge on any atom is 0.354 e. The summed E-state index contributed by atoms with van der Waals surface area (Å²) >= 11 is 0. The highest BCUT2D eigenvalue weighted by Gasteiger charge is 2.09. The molecular formula is C12H13NO2. The second kappa shape index (κ2) is 4.17. The highest BCUT2D eigenvalue weighted by atomic mass is 16.5. The second-order valence-corrected chi connectivity index (χ2v) is 3.41. The lowest BCUT2D eigenvalue weighted by molar-refractivity contribution is 0.0499. The number of carbonyl (C=O) groups is 1. The van der Waals surface area contributed by atoms with Crippen LogP contribution in [0.15, 0.2) is 30.3 Å². The zero-order valence-corrected chi connectivity index (χ0v) is 8.62. The Kier molecular flexibility index (Phi) is 2.72. The molecule has 78 valence electrons. The lowest BCUT2D eigenvalue weighted by Gasteiger charge is -1.99. The maximum atomic E-state index is 11.5. The van der Waals surface area contributed by atoms with Gasteiger partial charge in [-0.05, 0) is 18.6 Å². The van der Waals surface area contributed by atoms with Gasteiger partial charge in [-0.25, -0.2) is 4.79 Å². The number of hydrogen-bond donors (Lipinski definition) is 1. The van der Waals surface area contributed by atoms with Crippen molar-refractivity contribution in [1.82, 2.24) is 4.98 Å². The van der Waals surface area contributed by atoms with Crippen molar-refractivity contribution in [1.29, 1.82) is 0 Å². The van der Waals surface area contributed by atoms with E-state index in [1.807, 2.05) is 37.3 Å². The number of para-hydroxylation sites is 1. The molecule has 15 heavy (non-hydrogen) atoms. The zero-order valence-electron chi connectivity index (χ0n) is 8.62. The van der Waals surface area contributed by atoms with E-state index in [1.165, 1.54) is 0 Å². The number of fused-ring (bicyclic) bond motifs is 1. The second-order valence-electron chi connectivity index (χ2n) is 3.41. The third kappa shape index (κ3) is 2.01. The molecule has 1 N–H and O–H groups in total. The molecule has 0 bridgehead atoms. The predicted octanol–water partition coefficient (Wildman–Crippen LogP) is 2.73. The number of aromatic amines is 1. The van der Waals surface area contributed by atoms with Gasteiger partial charge in [-0.15, -0.1) is 0 Å². The molecule has 0 radical (unpaired) electrons. The summed E-state index contributed by atoms with van der Waals surface area (Å²) in [5.41, 5.74) is 1.48. The van der Waals surface area contributed by atoms with E-state index in [9.17, 15) is 4.79 Å². The first-order valence-electron chi connectivity index (χ1n) is 5.06. The van der Waals surface area contributed by atoms with Crippen LogP contribution in [-0.2, 0) is 4.74 Å². The first-order valence-corrected chi connectivity index (χ1v) is 5.06. The molecule has 0 amide bonds. The van der Waals surface area contributed by atoms with Gasteiger partial charge in [-0.2, -0.15) is 0 Å². The smallest absolute Gasteiger partial charge is 0.354 e. The Balaban J connectivity index is 2.25. The van der Waals surface area contributed by atoms with E-state index in [0.717, 1.165) is 17.3 Å². The number of rotatable bonds is 3. The summed E-state index contributed by atoms with van der Waals surface area (Å²) in [4.78, 5) is 14.5. The summed E-state index contributed by atoms with van der Waals surface area (Å²) in [6.07, 6.45) is 0.839. The summed E-state index contributed by atoms with van der Waals surface area (Å²) in [6, 6.07) is 9.58. The lowest BCUT2D eigenvalue weighted by atomic mass is 10.2. The molecule has 1 aromatic carbocycles. The number of hydrogen-bond acceptors (Lipinski definition) is 2. The van der Waals surface area contributed by atoms with E-state index in [1.54, 1.807) is 0 Å². The van der Waals surface area contributed by atoms with Crippen molar-refractivity contribution >= 4 is 16.9 Å². The number of nitrogens with one attached hydrogen (secondary N) is 1. The molecule has 1 aromatic heterocycles. The molecule has 0 atom stereocenters. The zero-order chi connectivity index (χ0) is 10.7. The van der Waals surface area contributed by atoms with E-state index in [4.69, 9.17) is 4.74 Å². The number of carbonyl (C=O) groups excluding carboxylic acids is 1. The number of esters is 1. The Hall–Kier alpha value is -1.77. The molecule has 0 aliphatic heterocycles. The van der Waals surface area contributed by atoms with E-state index >= 15 is 0 Å². The molecule has 2 rings (SSSR count). The van der Waals surface area contributed by atoms with Crippen molar-refractivity contribution in [3.05, 3.63) is 36.0 Å². The summed E-state index contributed by atoms with van der Waals surface area (Å²) in [5.74, 6) is -0.284. The minimum absolute atomic E-state index is 0.284. The average molecular weight is 203 g/mol. The van der Waals surface area contributed by atoms with Crippen molar-refractivity contribution in [3.8, 4) is 0 Å². The first kappa shape index (κ1) is 9.77. The highest BCUT2D eigenvalue weighted by molar-refractivity contribution is 5.94. The maximum absolute atomic E-state index is 11.5. The fraction of sp³-hybridized carbons (Fsp3) is 0.250. The molecule has 0 fully saturated rings. The Morgan fingerprint density at radius 3 is 2.93 bits per heavy atom. The number of benzene rings is 1. The van der Waals surface area contributed by atoms with Crippen LogP contribution in [-0.4, -0.2) is 17.6 Å². The van der Waals surface area contributed by atoms with Crippen molar-refractivity contribution in [2.45, 2.75) is 13.3 Å². The van der Waals surface area contributed by atoms with Crippen LogP contribution in [0.4, 0.5) is 0 Å². The number of aromatic nitrogens is 1. The SMILES string of the molecule is CCCOC(=O)c1cc2ccccc2[nH]1. The predicted molar refractivity (Wildman–Crippen MR) is 58.9 cm³/mol. The Labute approximate surface area is 88.1 Å². The van der Waals surface area contributed by atoms with Crippen molar-refractivity contribution in [2.24, 2.45) is 0 Å². The Bertz CT molecular complexity index is 440. The standard InChI is InChI=1S/C12H13NO2/c1-2-7-15-12(14)11-8-9-5-3-4-6-10(9)13-11/h3-6,8,13H,2,7H2,1H3. The van der Waals surface area contributed by atoms with Gasteiger partial charge in [0.2, 0.25) is 0 Å². The van der Waals surface area contributed by atoms with Gasteiger partial charge < -0.3 is 9.72 Å². The van der Waals surface area contributed by atoms with Crippen LogP contribution in [0.25, 0.3) is 10.9 Å². The fourth-order valence-electron chi connectivity index (χ4n) is 1.46. The van der Waals surface area contributed by atoms with Crippen LogP contribution < -0.4 is 0 Å². The summed E-state index contributed by atoms with van der Waals surface area (Å²) in [5, 5.41) is 1.03. The quantitative estimate of drug-likeness (QED) is 0.779. The van der Waals surface area contributed by atoms with Crippen molar-refractivity contribution in [2.75, 3.05) is 6.61 Å². The van der Waals surface area contributed by atoms with Gasteiger partial charge in [-0.3, -0.25) is 0 Å². The third-order valence-electron chi connectivity index (χ3n) is 2.19. The molecule has 0 aliphatic rings. The van der Waals surface area contributed by atoms with Gasteiger partial charge in [-0.1, -0.05) is 25.1 Å². The van der Waals surface area contributed by atoms with Crippen LogP contribution >= 0.6 is 0 Å². The van der Waals surface area contributed by atoms with Gasteiger partial charge in [0.25, 0.3) is 0 Å². The van der Waals surface area contributed by atoms with Gasteiger partial charge in [0, 0.05) is 10.9 Å². The van der Waals surface area contributed by atoms with Gasteiger partial charge in [0.1, 0.15) is 5.69 Å². The van der Waals surface area contributed by atoms with E-state index in [-0.39, 0.29) is 5.97 Å². The summed E-state index contributed by atoms with van der Waals surface area (Å²) in [7, 11) is 0. The highest BCUT2D eigenvalue weighted by Crippen LogP contribution is 2.15. The molecule has 1 heterocycles. The first-order chi connectivity index (χ1) is 7.31.